The van der Waals surface area contributed by atoms with Crippen LogP contribution in [0.3, 0.4) is 0 Å². The fourth-order valence-electron chi connectivity index (χ4n) is 3.84. The highest BCUT2D eigenvalue weighted by molar-refractivity contribution is 7.92. The van der Waals surface area contributed by atoms with E-state index in [0.29, 0.717) is 17.5 Å². The molecule has 0 saturated heterocycles. The molecule has 1 aliphatic carbocycles. The molecule has 34 heavy (non-hydrogen) atoms. The van der Waals surface area contributed by atoms with E-state index in [1.54, 1.807) is 0 Å². The smallest absolute Gasteiger partial charge is 0.434 e. The van der Waals surface area contributed by atoms with Gasteiger partial charge in [0.2, 0.25) is 5.88 Å². The average Bonchev–Trinajstić information content (AvgIpc) is 3.50. The highest BCUT2D eigenvalue weighted by Crippen LogP contribution is 2.34. The third kappa shape index (κ3) is 4.60. The lowest BCUT2D eigenvalue weighted by molar-refractivity contribution is -0.143. The number of nitrogens with one attached hydrogen (secondary N) is 1. The van der Waals surface area contributed by atoms with Gasteiger partial charge in [0.25, 0.3) is 5.91 Å². The number of hydrogen-bond donors (Lipinski definition) is 1. The van der Waals surface area contributed by atoms with Crippen molar-refractivity contribution in [2.75, 3.05) is 12.4 Å². The van der Waals surface area contributed by atoms with Crippen molar-refractivity contribution < 1.29 is 31.1 Å². The molecule has 1 N–H and O–H groups in total. The second-order valence-electron chi connectivity index (χ2n) is 7.68. The minimum atomic E-state index is -4.95. The van der Waals surface area contributed by atoms with Crippen molar-refractivity contribution in [3.8, 4) is 11.7 Å². The lowest BCUT2D eigenvalue weighted by Crippen LogP contribution is -2.21. The first-order chi connectivity index (χ1) is 16.1. The Bertz CT molecular complexity index is 1300. The van der Waals surface area contributed by atoms with Gasteiger partial charge in [0.1, 0.15) is 0 Å². The summed E-state index contributed by atoms with van der Waals surface area (Å²) in [5.74, 6) is -1.28. The Hall–Kier alpha value is -3.48. The number of nitrogens with zero attached hydrogens (tertiary/aromatic N) is 4. The summed E-state index contributed by atoms with van der Waals surface area (Å²) in [6, 6.07) is 8.01. The van der Waals surface area contributed by atoms with Crippen LogP contribution in [0.25, 0.3) is 5.82 Å². The maximum atomic E-state index is 13.9. The molecule has 13 heteroatoms. The largest absolute Gasteiger partial charge is 0.480 e. The van der Waals surface area contributed by atoms with Crippen molar-refractivity contribution >= 4 is 21.4 Å². The van der Waals surface area contributed by atoms with Crippen LogP contribution in [0, 0.1) is 0 Å². The molecule has 0 aliphatic heterocycles. The molecule has 0 unspecified atom stereocenters. The average molecular weight is 495 g/mol. The van der Waals surface area contributed by atoms with E-state index in [0.717, 1.165) is 19.0 Å². The van der Waals surface area contributed by atoms with Crippen LogP contribution >= 0.6 is 0 Å². The number of rotatable bonds is 6. The molecule has 0 radical (unpaired) electrons. The van der Waals surface area contributed by atoms with Gasteiger partial charge < -0.3 is 10.1 Å². The summed E-state index contributed by atoms with van der Waals surface area (Å²) in [5.41, 5.74) is -2.05. The van der Waals surface area contributed by atoms with Crippen LogP contribution in [0.5, 0.6) is 5.88 Å². The molecule has 2 heterocycles. The van der Waals surface area contributed by atoms with Gasteiger partial charge in [-0.2, -0.15) is 18.3 Å². The molecule has 0 bridgehead atoms. The summed E-state index contributed by atoms with van der Waals surface area (Å²) >= 11 is 0. The molecule has 2 aromatic heterocycles. The summed E-state index contributed by atoms with van der Waals surface area (Å²) < 4.78 is 72.6. The van der Waals surface area contributed by atoms with E-state index in [4.69, 9.17) is 4.74 Å². The van der Waals surface area contributed by atoms with E-state index in [2.05, 4.69) is 20.6 Å². The monoisotopic (exact) mass is 495 g/mol. The molecule has 1 saturated carbocycles. The van der Waals surface area contributed by atoms with E-state index in [9.17, 15) is 26.4 Å². The van der Waals surface area contributed by atoms with E-state index < -0.39 is 38.4 Å². The van der Waals surface area contributed by atoms with Gasteiger partial charge in [0, 0.05) is 11.8 Å². The Morgan fingerprint density at radius 1 is 1.15 bits per heavy atom. The second-order valence-corrected chi connectivity index (χ2v) is 9.91. The molecule has 1 amide bonds. The Balaban J connectivity index is 1.64. The van der Waals surface area contributed by atoms with E-state index >= 15 is 0 Å². The van der Waals surface area contributed by atoms with Crippen molar-refractivity contribution in [2.24, 2.45) is 0 Å². The molecule has 0 atom stereocenters. The lowest BCUT2D eigenvalue weighted by atomic mass is 10.2. The number of carbonyl (C=O) groups excluding carboxylic acids is 1. The van der Waals surface area contributed by atoms with Gasteiger partial charge in [-0.1, -0.05) is 18.9 Å². The van der Waals surface area contributed by atoms with E-state index in [1.165, 1.54) is 43.5 Å². The topological polar surface area (TPSA) is 116 Å². The number of methoxy groups -OCH3 is 1. The van der Waals surface area contributed by atoms with Crippen molar-refractivity contribution in [1.82, 2.24) is 20.0 Å². The summed E-state index contributed by atoms with van der Waals surface area (Å²) in [6.07, 6.45) is -1.42. The van der Waals surface area contributed by atoms with E-state index in [-0.39, 0.29) is 22.3 Å². The number of halogens is 3. The van der Waals surface area contributed by atoms with Gasteiger partial charge >= 0.3 is 6.18 Å². The Kier molecular flexibility index (Phi) is 6.30. The molecule has 1 aliphatic rings. The zero-order chi connectivity index (χ0) is 24.5. The predicted molar refractivity (Wildman–Crippen MR) is 115 cm³/mol. The molecule has 0 spiro atoms. The van der Waals surface area contributed by atoms with Gasteiger partial charge in [-0.15, -0.1) is 10.2 Å². The molecule has 1 aromatic carbocycles. The number of alkyl halides is 3. The molecule has 4 rings (SSSR count). The van der Waals surface area contributed by atoms with Gasteiger partial charge in [-0.3, -0.25) is 4.79 Å². The van der Waals surface area contributed by atoms with Crippen molar-refractivity contribution in [2.45, 2.75) is 42.0 Å². The number of carbonyl (C=O) groups is 1. The van der Waals surface area contributed by atoms with Gasteiger partial charge in [-0.25, -0.2) is 13.1 Å². The second kappa shape index (κ2) is 9.05. The molecule has 3 aromatic rings. The van der Waals surface area contributed by atoms with Crippen molar-refractivity contribution in [3.63, 3.8) is 0 Å². The molecular formula is C21H20F3N5O4S. The summed E-state index contributed by atoms with van der Waals surface area (Å²) in [4.78, 5) is 12.8. The predicted octanol–water partition coefficient (Wildman–Crippen LogP) is 3.66. The number of hydrogen-bond acceptors (Lipinski definition) is 7. The SMILES string of the molecule is COc1ccc(-n2ncc(C(=O)Nc3cccc(S(=O)(=O)C4CCCC4)c3)c2C(F)(F)F)nn1. The fourth-order valence-corrected chi connectivity index (χ4v) is 5.73. The number of aromatic nitrogens is 4. The van der Waals surface area contributed by atoms with Crippen molar-refractivity contribution in [3.05, 3.63) is 53.9 Å². The first-order valence-corrected chi connectivity index (χ1v) is 11.8. The number of anilines is 1. The highest BCUT2D eigenvalue weighted by atomic mass is 32.2. The Morgan fingerprint density at radius 2 is 1.88 bits per heavy atom. The van der Waals surface area contributed by atoms with Crippen LogP contribution < -0.4 is 10.1 Å². The minimum Gasteiger partial charge on any atom is -0.480 e. The maximum absolute atomic E-state index is 13.9. The van der Waals surface area contributed by atoms with Gasteiger partial charge in [-0.05, 0) is 37.1 Å². The molecule has 180 valence electrons. The zero-order valence-corrected chi connectivity index (χ0v) is 18.7. The van der Waals surface area contributed by atoms with Crippen LogP contribution in [-0.2, 0) is 16.0 Å². The summed E-state index contributed by atoms with van der Waals surface area (Å²) in [7, 11) is -2.28. The molecular weight excluding hydrogens is 475 g/mol. The highest BCUT2D eigenvalue weighted by Gasteiger charge is 2.41. The standard InChI is InChI=1S/C21H20F3N5O4S/c1-33-18-10-9-17(27-28-18)29-19(21(22,23)24)16(12-25-29)20(30)26-13-5-4-8-15(11-13)34(31,32)14-6-2-3-7-14/h4-5,8-12,14H,2-3,6-7H2,1H3,(H,26,30). The van der Waals surface area contributed by atoms with Crippen LogP contribution in [-0.4, -0.2) is 46.7 Å². The molecule has 1 fully saturated rings. The Labute approximate surface area is 192 Å². The van der Waals surface area contributed by atoms with E-state index in [1.807, 2.05) is 0 Å². The first-order valence-electron chi connectivity index (χ1n) is 10.3. The summed E-state index contributed by atoms with van der Waals surface area (Å²) in [5, 5.41) is 12.8. The summed E-state index contributed by atoms with van der Waals surface area (Å²) in [6.45, 7) is 0. The minimum absolute atomic E-state index is 0.0115. The van der Waals surface area contributed by atoms with Crippen LogP contribution in [0.2, 0.25) is 0 Å². The quantitative estimate of drug-likeness (QED) is 0.555. The van der Waals surface area contributed by atoms with Gasteiger partial charge in [0.05, 0.1) is 29.0 Å². The van der Waals surface area contributed by atoms with Crippen LogP contribution in [0.15, 0.2) is 47.5 Å². The molecule has 9 nitrogen and oxygen atoms in total. The zero-order valence-electron chi connectivity index (χ0n) is 17.9. The lowest BCUT2D eigenvalue weighted by Gasteiger charge is -2.14. The number of benzene rings is 1. The van der Waals surface area contributed by atoms with Gasteiger partial charge in [0.15, 0.2) is 21.3 Å². The van der Waals surface area contributed by atoms with Crippen LogP contribution in [0.4, 0.5) is 18.9 Å². The fraction of sp³-hybridized carbons (Fsp3) is 0.333. The third-order valence-electron chi connectivity index (χ3n) is 5.50. The third-order valence-corrected chi connectivity index (χ3v) is 7.76. The number of amides is 1. The first kappa shape index (κ1) is 23.7. The maximum Gasteiger partial charge on any atom is 0.434 e. The normalized spacial score (nSPS) is 14.8. The Morgan fingerprint density at radius 3 is 2.50 bits per heavy atom. The van der Waals surface area contributed by atoms with Crippen molar-refractivity contribution in [1.29, 1.82) is 0 Å². The van der Waals surface area contributed by atoms with Crippen LogP contribution in [0.1, 0.15) is 41.7 Å². The number of sulfone groups is 1. The number of ether oxygens (including phenoxy) is 1.